The van der Waals surface area contributed by atoms with Gasteiger partial charge >= 0.3 is 0 Å². The van der Waals surface area contributed by atoms with E-state index in [0.29, 0.717) is 12.3 Å². The average molecular weight is 238 g/mol. The second-order valence-corrected chi connectivity index (χ2v) is 5.78. The van der Waals surface area contributed by atoms with Gasteiger partial charge in [0.2, 0.25) is 5.89 Å². The summed E-state index contributed by atoms with van der Waals surface area (Å²) in [4.78, 5) is 4.33. The fraction of sp³-hybridized carbons (Fsp3) is 0.846. The first-order chi connectivity index (χ1) is 7.98. The number of hydrogen-bond acceptors (Lipinski definition) is 4. The third-order valence-corrected chi connectivity index (χ3v) is 3.69. The van der Waals surface area contributed by atoms with Crippen molar-refractivity contribution in [3.05, 3.63) is 11.7 Å². The monoisotopic (exact) mass is 238 g/mol. The first-order valence-corrected chi connectivity index (χ1v) is 6.53. The molecule has 0 atom stereocenters. The van der Waals surface area contributed by atoms with Crippen molar-refractivity contribution in [2.45, 2.75) is 64.4 Å². The third kappa shape index (κ3) is 3.06. The second kappa shape index (κ2) is 4.77. The minimum absolute atomic E-state index is 0.272. The molecule has 0 aromatic carbocycles. The smallest absolute Gasteiger partial charge is 0.229 e. The quantitative estimate of drug-likeness (QED) is 0.879. The van der Waals surface area contributed by atoms with E-state index in [2.05, 4.69) is 17.1 Å². The summed E-state index contributed by atoms with van der Waals surface area (Å²) in [7, 11) is 0. The molecule has 1 fully saturated rings. The van der Waals surface area contributed by atoms with E-state index in [0.717, 1.165) is 37.4 Å². The zero-order valence-corrected chi connectivity index (χ0v) is 10.9. The lowest BCUT2D eigenvalue weighted by Crippen LogP contribution is -2.35. The van der Waals surface area contributed by atoms with Gasteiger partial charge in [-0.1, -0.05) is 25.9 Å². The van der Waals surface area contributed by atoms with Gasteiger partial charge in [-0.3, -0.25) is 0 Å². The van der Waals surface area contributed by atoms with Crippen molar-refractivity contribution in [2.24, 2.45) is 5.92 Å². The van der Waals surface area contributed by atoms with E-state index in [-0.39, 0.29) is 5.92 Å². The standard InChI is InChI=1S/C13H22N2O2/c1-9(2)12-14-11(17-15-12)8-13(16)6-4-10(3)5-7-13/h9-10,16H,4-8H2,1-3H3. The Hall–Kier alpha value is -0.900. The van der Waals surface area contributed by atoms with Gasteiger partial charge in [0.25, 0.3) is 0 Å². The molecule has 96 valence electrons. The summed E-state index contributed by atoms with van der Waals surface area (Å²) in [6.45, 7) is 6.31. The van der Waals surface area contributed by atoms with Crippen LogP contribution in [0, 0.1) is 5.92 Å². The summed E-state index contributed by atoms with van der Waals surface area (Å²) in [6, 6.07) is 0. The van der Waals surface area contributed by atoms with E-state index < -0.39 is 5.60 Å². The molecule has 0 radical (unpaired) electrons. The van der Waals surface area contributed by atoms with Crippen molar-refractivity contribution in [1.82, 2.24) is 10.1 Å². The molecular weight excluding hydrogens is 216 g/mol. The zero-order chi connectivity index (χ0) is 12.5. The SMILES string of the molecule is CC1CCC(O)(Cc2nc(C(C)C)no2)CC1. The van der Waals surface area contributed by atoms with Crippen LogP contribution >= 0.6 is 0 Å². The van der Waals surface area contributed by atoms with E-state index in [1.54, 1.807) is 0 Å². The minimum Gasteiger partial charge on any atom is -0.389 e. The van der Waals surface area contributed by atoms with Crippen LogP contribution in [0.5, 0.6) is 0 Å². The number of aromatic nitrogens is 2. The highest BCUT2D eigenvalue weighted by Crippen LogP contribution is 2.34. The van der Waals surface area contributed by atoms with E-state index in [9.17, 15) is 5.11 Å². The van der Waals surface area contributed by atoms with E-state index >= 15 is 0 Å². The fourth-order valence-electron chi connectivity index (χ4n) is 2.33. The molecule has 2 rings (SSSR count). The van der Waals surface area contributed by atoms with Gasteiger partial charge in [-0.2, -0.15) is 4.98 Å². The van der Waals surface area contributed by atoms with Gasteiger partial charge in [0.15, 0.2) is 5.82 Å². The van der Waals surface area contributed by atoms with Gasteiger partial charge < -0.3 is 9.63 Å². The van der Waals surface area contributed by atoms with Crippen LogP contribution < -0.4 is 0 Å². The van der Waals surface area contributed by atoms with Crippen molar-refractivity contribution >= 4 is 0 Å². The van der Waals surface area contributed by atoms with Crippen LogP contribution in [0.1, 0.15) is 64.1 Å². The summed E-state index contributed by atoms with van der Waals surface area (Å²) in [6.07, 6.45) is 4.35. The van der Waals surface area contributed by atoms with Gasteiger partial charge in [-0.25, -0.2) is 0 Å². The van der Waals surface area contributed by atoms with Crippen molar-refractivity contribution in [3.63, 3.8) is 0 Å². The second-order valence-electron chi connectivity index (χ2n) is 5.78. The maximum absolute atomic E-state index is 10.5. The van der Waals surface area contributed by atoms with Gasteiger partial charge in [-0.05, 0) is 31.6 Å². The minimum atomic E-state index is -0.632. The predicted molar refractivity (Wildman–Crippen MR) is 64.7 cm³/mol. The van der Waals surface area contributed by atoms with Gasteiger partial charge in [0.1, 0.15) is 0 Å². The van der Waals surface area contributed by atoms with Gasteiger partial charge in [-0.15, -0.1) is 0 Å². The molecule has 17 heavy (non-hydrogen) atoms. The van der Waals surface area contributed by atoms with E-state index in [4.69, 9.17) is 4.52 Å². The van der Waals surface area contributed by atoms with E-state index in [1.165, 1.54) is 0 Å². The molecule has 4 heteroatoms. The molecule has 1 aliphatic carbocycles. The average Bonchev–Trinajstić information content (AvgIpc) is 2.71. The Morgan fingerprint density at radius 3 is 2.59 bits per heavy atom. The van der Waals surface area contributed by atoms with Crippen LogP contribution in [0.4, 0.5) is 0 Å². The van der Waals surface area contributed by atoms with Crippen molar-refractivity contribution in [2.75, 3.05) is 0 Å². The summed E-state index contributed by atoms with van der Waals surface area (Å²) >= 11 is 0. The van der Waals surface area contributed by atoms with Crippen LogP contribution in [-0.4, -0.2) is 20.8 Å². The summed E-state index contributed by atoms with van der Waals surface area (Å²) in [5.74, 6) is 2.30. The largest absolute Gasteiger partial charge is 0.389 e. The topological polar surface area (TPSA) is 59.2 Å². The number of rotatable bonds is 3. The summed E-state index contributed by atoms with van der Waals surface area (Å²) < 4.78 is 5.20. The number of hydrogen-bond donors (Lipinski definition) is 1. The highest BCUT2D eigenvalue weighted by Gasteiger charge is 2.33. The molecule has 0 amide bonds. The Morgan fingerprint density at radius 1 is 1.41 bits per heavy atom. The van der Waals surface area contributed by atoms with Crippen LogP contribution in [0.15, 0.2) is 4.52 Å². The maximum Gasteiger partial charge on any atom is 0.229 e. The highest BCUT2D eigenvalue weighted by atomic mass is 16.5. The van der Waals surface area contributed by atoms with Crippen LogP contribution in [-0.2, 0) is 6.42 Å². The van der Waals surface area contributed by atoms with Crippen LogP contribution in [0.25, 0.3) is 0 Å². The number of nitrogens with zero attached hydrogens (tertiary/aromatic N) is 2. The molecule has 1 aromatic rings. The lowest BCUT2D eigenvalue weighted by atomic mass is 9.78. The first-order valence-electron chi connectivity index (χ1n) is 6.53. The molecule has 0 spiro atoms. The van der Waals surface area contributed by atoms with Crippen LogP contribution in [0.2, 0.25) is 0 Å². The van der Waals surface area contributed by atoms with Crippen LogP contribution in [0.3, 0.4) is 0 Å². The van der Waals surface area contributed by atoms with E-state index in [1.807, 2.05) is 13.8 Å². The van der Waals surface area contributed by atoms with Crippen molar-refractivity contribution in [3.8, 4) is 0 Å². The fourth-order valence-corrected chi connectivity index (χ4v) is 2.33. The predicted octanol–water partition coefficient (Wildman–Crippen LogP) is 2.68. The lowest BCUT2D eigenvalue weighted by Gasteiger charge is -2.33. The zero-order valence-electron chi connectivity index (χ0n) is 10.9. The maximum atomic E-state index is 10.5. The first kappa shape index (κ1) is 12.6. The molecule has 1 aliphatic rings. The Labute approximate surface area is 102 Å². The van der Waals surface area contributed by atoms with Crippen molar-refractivity contribution in [1.29, 1.82) is 0 Å². The highest BCUT2D eigenvalue weighted by molar-refractivity contribution is 4.97. The summed E-state index contributed by atoms with van der Waals surface area (Å²) in [5, 5.41) is 14.4. The Balaban J connectivity index is 1.99. The number of aliphatic hydroxyl groups is 1. The van der Waals surface area contributed by atoms with Crippen molar-refractivity contribution < 1.29 is 9.63 Å². The molecule has 1 heterocycles. The molecule has 1 N–H and O–H groups in total. The Bertz CT molecular complexity index is 365. The third-order valence-electron chi connectivity index (χ3n) is 3.69. The van der Waals surface area contributed by atoms with Gasteiger partial charge in [0, 0.05) is 5.92 Å². The molecule has 0 aliphatic heterocycles. The molecule has 0 saturated heterocycles. The van der Waals surface area contributed by atoms with Gasteiger partial charge in [0.05, 0.1) is 12.0 Å². The molecule has 1 aromatic heterocycles. The normalized spacial score (nSPS) is 29.8. The molecule has 0 bridgehead atoms. The summed E-state index contributed by atoms with van der Waals surface area (Å²) in [5.41, 5.74) is -0.632. The molecule has 4 nitrogen and oxygen atoms in total. The Morgan fingerprint density at radius 2 is 2.06 bits per heavy atom. The molecular formula is C13H22N2O2. The molecule has 1 saturated carbocycles. The molecule has 0 unspecified atom stereocenters. The lowest BCUT2D eigenvalue weighted by molar-refractivity contribution is -0.0125. The Kier molecular flexibility index (Phi) is 3.52.